The van der Waals surface area contributed by atoms with E-state index in [9.17, 15) is 44.7 Å². The van der Waals surface area contributed by atoms with Gasteiger partial charge in [-0.25, -0.2) is 0 Å². The number of carbonyl (C=O) groups excluding carboxylic acids is 4. The summed E-state index contributed by atoms with van der Waals surface area (Å²) in [4.78, 5) is 49.0. The van der Waals surface area contributed by atoms with Crippen LogP contribution in [0.5, 0.6) is 5.75 Å². The van der Waals surface area contributed by atoms with Crippen molar-refractivity contribution in [1.29, 1.82) is 0 Å². The van der Waals surface area contributed by atoms with Gasteiger partial charge in [0.2, 0.25) is 11.7 Å². The first-order valence-electron chi connectivity index (χ1n) is 10.1. The summed E-state index contributed by atoms with van der Waals surface area (Å²) in [5, 5.41) is 57.0. The zero-order valence-electron chi connectivity index (χ0n) is 17.6. The first kappa shape index (κ1) is 22.5. The van der Waals surface area contributed by atoms with Crippen molar-refractivity contribution in [2.24, 2.45) is 17.6 Å². The Hall–Kier alpha value is -3.70. The third-order valence-electron chi connectivity index (χ3n) is 6.81. The van der Waals surface area contributed by atoms with Crippen LogP contribution >= 0.6 is 0 Å². The second-order valence-electron chi connectivity index (χ2n) is 8.59. The summed E-state index contributed by atoms with van der Waals surface area (Å²) in [6, 6.07) is 2.90. The van der Waals surface area contributed by atoms with Crippen molar-refractivity contribution < 1.29 is 44.7 Å². The lowest BCUT2D eigenvalue weighted by atomic mass is 9.55. The minimum Gasteiger partial charge on any atom is -0.508 e. The molecule has 0 saturated heterocycles. The molecule has 1 saturated carbocycles. The highest BCUT2D eigenvalue weighted by atomic mass is 16.4. The number of hydrogen-bond acceptors (Lipinski definition) is 9. The molecule has 0 spiro atoms. The predicted molar refractivity (Wildman–Crippen MR) is 112 cm³/mol. The van der Waals surface area contributed by atoms with E-state index in [4.69, 9.17) is 5.73 Å². The number of aliphatic hydroxyl groups excluding tert-OH is 3. The van der Waals surface area contributed by atoms with Gasteiger partial charge in [0.1, 0.15) is 22.8 Å². The van der Waals surface area contributed by atoms with Gasteiger partial charge in [0, 0.05) is 30.8 Å². The molecule has 11 heteroatoms. The van der Waals surface area contributed by atoms with Gasteiger partial charge < -0.3 is 36.6 Å². The Kier molecular flexibility index (Phi) is 4.88. The summed E-state index contributed by atoms with van der Waals surface area (Å²) in [6.45, 7) is 2.83. The average Bonchev–Trinajstić information content (AvgIpc) is 2.72. The molecule has 33 heavy (non-hydrogen) atoms. The molecule has 0 heterocycles. The molecule has 0 radical (unpaired) electrons. The van der Waals surface area contributed by atoms with Crippen molar-refractivity contribution >= 4 is 34.8 Å². The topological polar surface area (TPSA) is 207 Å². The molecule has 2 amide bonds. The van der Waals surface area contributed by atoms with Crippen LogP contribution in [-0.4, -0.2) is 60.6 Å². The molecular weight excluding hydrogens is 436 g/mol. The molecule has 11 nitrogen and oxygen atoms in total. The number of phenols is 1. The van der Waals surface area contributed by atoms with E-state index >= 15 is 0 Å². The Morgan fingerprint density at radius 1 is 1.18 bits per heavy atom. The van der Waals surface area contributed by atoms with Gasteiger partial charge in [-0.2, -0.15) is 0 Å². The van der Waals surface area contributed by atoms with E-state index in [2.05, 4.69) is 5.32 Å². The SMILES string of the molecule is CC(=O)Nc1ccc2c(c1O)C(O)=C1C(=O)[C@]3(O)C(O)=C(C(N)=O)C(=O)C[C@@H]3[C@H](O)[C@@H]1[C@@H]2C. The number of fused-ring (bicyclic) bond motifs is 3. The lowest BCUT2D eigenvalue weighted by molar-refractivity contribution is -0.160. The summed E-state index contributed by atoms with van der Waals surface area (Å²) >= 11 is 0. The lowest BCUT2D eigenvalue weighted by Gasteiger charge is -2.50. The second-order valence-corrected chi connectivity index (χ2v) is 8.59. The third-order valence-corrected chi connectivity index (χ3v) is 6.81. The summed E-state index contributed by atoms with van der Waals surface area (Å²) in [7, 11) is 0. The molecule has 8 N–H and O–H groups in total. The maximum Gasteiger partial charge on any atom is 0.255 e. The highest BCUT2D eigenvalue weighted by molar-refractivity contribution is 6.23. The van der Waals surface area contributed by atoms with Gasteiger partial charge in [-0.1, -0.05) is 13.0 Å². The fraction of sp³-hybridized carbons (Fsp3) is 0.364. The van der Waals surface area contributed by atoms with E-state index in [1.165, 1.54) is 19.1 Å². The Labute approximate surface area is 186 Å². The summed E-state index contributed by atoms with van der Waals surface area (Å²) < 4.78 is 0. The van der Waals surface area contributed by atoms with Gasteiger partial charge in [-0.15, -0.1) is 0 Å². The Balaban J connectivity index is 1.99. The molecule has 0 bridgehead atoms. The van der Waals surface area contributed by atoms with Crippen LogP contribution in [0.3, 0.4) is 0 Å². The molecule has 1 aromatic carbocycles. The van der Waals surface area contributed by atoms with E-state index in [0.29, 0.717) is 5.56 Å². The molecule has 3 aliphatic rings. The summed E-state index contributed by atoms with van der Waals surface area (Å²) in [5.74, 6) is -9.89. The molecule has 174 valence electrons. The largest absolute Gasteiger partial charge is 0.508 e. The zero-order valence-corrected chi connectivity index (χ0v) is 17.6. The molecular formula is C22H22N2O9. The number of amides is 2. The van der Waals surface area contributed by atoms with Gasteiger partial charge in [0.15, 0.2) is 11.4 Å². The van der Waals surface area contributed by atoms with E-state index in [0.717, 1.165) is 0 Å². The van der Waals surface area contributed by atoms with Crippen molar-refractivity contribution in [3.8, 4) is 5.75 Å². The third kappa shape index (κ3) is 2.82. The van der Waals surface area contributed by atoms with E-state index in [1.54, 1.807) is 6.92 Å². The van der Waals surface area contributed by atoms with Crippen LogP contribution in [0.25, 0.3) is 5.76 Å². The van der Waals surface area contributed by atoms with Gasteiger partial charge in [-0.3, -0.25) is 19.2 Å². The Bertz CT molecular complexity index is 1210. The lowest BCUT2D eigenvalue weighted by Crippen LogP contribution is -2.63. The molecule has 5 atom stereocenters. The highest BCUT2D eigenvalue weighted by Gasteiger charge is 2.64. The van der Waals surface area contributed by atoms with E-state index in [-0.39, 0.29) is 11.3 Å². The number of primary amides is 1. The minimum absolute atomic E-state index is 0.0403. The predicted octanol–water partition coefficient (Wildman–Crippen LogP) is -0.0859. The first-order chi connectivity index (χ1) is 15.3. The molecule has 0 aliphatic heterocycles. The normalized spacial score (nSPS) is 31.0. The molecule has 4 rings (SSSR count). The van der Waals surface area contributed by atoms with Crippen LogP contribution in [0.2, 0.25) is 0 Å². The average molecular weight is 458 g/mol. The van der Waals surface area contributed by atoms with Crippen molar-refractivity contribution in [2.45, 2.75) is 37.9 Å². The van der Waals surface area contributed by atoms with Gasteiger partial charge in [0.25, 0.3) is 5.91 Å². The number of benzene rings is 1. The van der Waals surface area contributed by atoms with Gasteiger partial charge in [0.05, 0.1) is 17.4 Å². The summed E-state index contributed by atoms with van der Waals surface area (Å²) in [6.07, 6.45) is -2.23. The molecule has 1 aromatic rings. The van der Waals surface area contributed by atoms with E-state index in [1.807, 2.05) is 0 Å². The molecule has 0 unspecified atom stereocenters. The quantitative estimate of drug-likeness (QED) is 0.233. The number of Topliss-reactive ketones (excluding diaryl/α,β-unsaturated/α-hetero) is 2. The Morgan fingerprint density at radius 2 is 1.82 bits per heavy atom. The smallest absolute Gasteiger partial charge is 0.255 e. The fourth-order valence-corrected chi connectivity index (χ4v) is 5.29. The number of rotatable bonds is 2. The summed E-state index contributed by atoms with van der Waals surface area (Å²) in [5.41, 5.74) is 0.937. The maximum absolute atomic E-state index is 13.5. The number of phenolic OH excluding ortho intramolecular Hbond substituents is 1. The van der Waals surface area contributed by atoms with Crippen LogP contribution in [0.1, 0.15) is 37.3 Å². The minimum atomic E-state index is -2.89. The Morgan fingerprint density at radius 3 is 2.39 bits per heavy atom. The van der Waals surface area contributed by atoms with Crippen LogP contribution in [0.15, 0.2) is 29.0 Å². The van der Waals surface area contributed by atoms with Crippen molar-refractivity contribution in [3.63, 3.8) is 0 Å². The maximum atomic E-state index is 13.5. The van der Waals surface area contributed by atoms with Crippen molar-refractivity contribution in [2.75, 3.05) is 5.32 Å². The zero-order chi connectivity index (χ0) is 24.6. The van der Waals surface area contributed by atoms with Gasteiger partial charge >= 0.3 is 0 Å². The molecule has 0 aromatic heterocycles. The van der Waals surface area contributed by atoms with Crippen LogP contribution < -0.4 is 11.1 Å². The molecule has 1 fully saturated rings. The fourth-order valence-electron chi connectivity index (χ4n) is 5.29. The van der Waals surface area contributed by atoms with E-state index < -0.39 is 87.7 Å². The molecule has 3 aliphatic carbocycles. The number of aromatic hydroxyl groups is 1. The number of ketones is 2. The van der Waals surface area contributed by atoms with Gasteiger partial charge in [-0.05, 0) is 17.5 Å². The number of hydrogen-bond donors (Lipinski definition) is 7. The monoisotopic (exact) mass is 458 g/mol. The number of anilines is 1. The van der Waals surface area contributed by atoms with Crippen molar-refractivity contribution in [1.82, 2.24) is 0 Å². The number of carbonyl (C=O) groups is 4. The first-order valence-corrected chi connectivity index (χ1v) is 10.1. The number of nitrogens with one attached hydrogen (secondary N) is 1. The standard InChI is InChI=1S/C22H22N2O9/c1-6-8-3-4-10(24-7(2)25)17(28)13(8)18(29)15-12(6)16(27)9-5-11(26)14(21(23)32)19(30)22(9,33)20(15)31/h3-4,6,9,12,16,27-30,33H,5H2,1-2H3,(H2,23,32)(H,24,25)/t6-,9-,12-,16+,22-/m1/s1. The second kappa shape index (κ2) is 7.15. The number of nitrogens with two attached hydrogens (primary N) is 1. The number of aliphatic hydroxyl groups is 4. The van der Waals surface area contributed by atoms with Crippen LogP contribution in [0.4, 0.5) is 5.69 Å². The van der Waals surface area contributed by atoms with Crippen molar-refractivity contribution in [3.05, 3.63) is 40.2 Å². The highest BCUT2D eigenvalue weighted by Crippen LogP contribution is 2.56. The van der Waals surface area contributed by atoms with Crippen LogP contribution in [-0.2, 0) is 19.2 Å². The van der Waals surface area contributed by atoms with Crippen LogP contribution in [0, 0.1) is 11.8 Å².